The normalized spacial score (nSPS) is 12.8. The van der Waals surface area contributed by atoms with E-state index in [9.17, 15) is 9.59 Å². The van der Waals surface area contributed by atoms with Gasteiger partial charge in [0.1, 0.15) is 6.04 Å². The van der Waals surface area contributed by atoms with Gasteiger partial charge in [0, 0.05) is 12.6 Å². The Bertz CT molecular complexity index is 306. The van der Waals surface area contributed by atoms with Crippen LogP contribution in [0.25, 0.3) is 0 Å². The Hall–Kier alpha value is -1.14. The Kier molecular flexibility index (Phi) is 9.16. The molecule has 0 saturated heterocycles. The van der Waals surface area contributed by atoms with Crippen LogP contribution in [0.5, 0.6) is 0 Å². The summed E-state index contributed by atoms with van der Waals surface area (Å²) in [6.45, 7) is 8.45. The number of nitrogens with zero attached hydrogens (tertiary/aromatic N) is 1. The highest BCUT2D eigenvalue weighted by Gasteiger charge is 2.23. The van der Waals surface area contributed by atoms with Gasteiger partial charge in [-0.05, 0) is 26.2 Å². The fourth-order valence-corrected chi connectivity index (χ4v) is 1.90. The fraction of sp³-hybridized carbons (Fsp3) is 0.857. The Labute approximate surface area is 121 Å². The van der Waals surface area contributed by atoms with Crippen LogP contribution in [-0.2, 0) is 14.3 Å². The smallest absolute Gasteiger partial charge is 0.328 e. The third-order valence-corrected chi connectivity index (χ3v) is 2.99. The molecule has 0 aliphatic rings. The third kappa shape index (κ3) is 7.45. The average molecular weight is 288 g/mol. The summed E-state index contributed by atoms with van der Waals surface area (Å²) in [6.07, 6.45) is 0.542. The van der Waals surface area contributed by atoms with Crippen LogP contribution in [0.1, 0.15) is 34.1 Å². The van der Waals surface area contributed by atoms with Crippen molar-refractivity contribution in [2.24, 2.45) is 5.92 Å². The van der Waals surface area contributed by atoms with E-state index >= 15 is 0 Å². The van der Waals surface area contributed by atoms with Crippen LogP contribution >= 0.6 is 0 Å². The number of aliphatic hydroxyl groups excluding tert-OH is 1. The lowest BCUT2D eigenvalue weighted by Crippen LogP contribution is -2.48. The van der Waals surface area contributed by atoms with Gasteiger partial charge in [-0.1, -0.05) is 13.8 Å². The van der Waals surface area contributed by atoms with Gasteiger partial charge in [0.2, 0.25) is 5.91 Å². The highest BCUT2D eigenvalue weighted by molar-refractivity contribution is 5.85. The summed E-state index contributed by atoms with van der Waals surface area (Å²) in [5.41, 5.74) is 0. The molecule has 0 bridgehead atoms. The first-order valence-corrected chi connectivity index (χ1v) is 7.03. The number of rotatable bonds is 9. The number of esters is 1. The monoisotopic (exact) mass is 288 g/mol. The minimum atomic E-state index is -0.615. The number of nitrogens with one attached hydrogen (secondary N) is 1. The predicted octanol–water partition coefficient (Wildman–Crippen LogP) is 0.393. The molecule has 1 amide bonds. The summed E-state index contributed by atoms with van der Waals surface area (Å²) < 4.78 is 4.71. The molecule has 0 saturated carbocycles. The topological polar surface area (TPSA) is 78.9 Å². The van der Waals surface area contributed by atoms with Crippen molar-refractivity contribution in [3.63, 3.8) is 0 Å². The molecular weight excluding hydrogens is 260 g/mol. The average Bonchev–Trinajstić information content (AvgIpc) is 2.35. The molecule has 1 atom stereocenters. The molecule has 1 unspecified atom stereocenters. The molecule has 6 heteroatoms. The van der Waals surface area contributed by atoms with Crippen LogP contribution < -0.4 is 5.32 Å². The van der Waals surface area contributed by atoms with Gasteiger partial charge in [-0.2, -0.15) is 0 Å². The highest BCUT2D eigenvalue weighted by atomic mass is 16.5. The molecule has 0 radical (unpaired) electrons. The molecule has 0 aromatic carbocycles. The minimum absolute atomic E-state index is 0.00210. The molecule has 2 N–H and O–H groups in total. The van der Waals surface area contributed by atoms with Gasteiger partial charge in [0.05, 0.1) is 20.3 Å². The zero-order valence-corrected chi connectivity index (χ0v) is 13.2. The zero-order chi connectivity index (χ0) is 15.7. The molecule has 0 fully saturated rings. The first-order chi connectivity index (χ1) is 9.31. The molecule has 0 aromatic heterocycles. The number of hydrogen-bond donors (Lipinski definition) is 2. The molecule has 118 valence electrons. The van der Waals surface area contributed by atoms with Crippen molar-refractivity contribution in [3.05, 3.63) is 0 Å². The number of amides is 1. The van der Waals surface area contributed by atoms with Crippen molar-refractivity contribution in [2.45, 2.75) is 46.2 Å². The lowest BCUT2D eigenvalue weighted by Gasteiger charge is -2.26. The summed E-state index contributed by atoms with van der Waals surface area (Å²) in [5.74, 6) is -0.383. The Morgan fingerprint density at radius 2 is 1.85 bits per heavy atom. The summed E-state index contributed by atoms with van der Waals surface area (Å²) in [5, 5.41) is 11.7. The number of ether oxygens (including phenoxy) is 1. The second-order valence-electron chi connectivity index (χ2n) is 5.56. The second kappa shape index (κ2) is 9.72. The van der Waals surface area contributed by atoms with Gasteiger partial charge < -0.3 is 15.2 Å². The van der Waals surface area contributed by atoms with Crippen LogP contribution in [0.3, 0.4) is 0 Å². The standard InChI is InChI=1S/C14H28N2O4/c1-10(2)8-12(14(19)20-5)15-13(18)9-16(6-7-17)11(3)4/h10-12,17H,6-9H2,1-5H3,(H,15,18). The zero-order valence-electron chi connectivity index (χ0n) is 13.2. The van der Waals surface area contributed by atoms with Crippen molar-refractivity contribution in [2.75, 3.05) is 26.8 Å². The van der Waals surface area contributed by atoms with E-state index in [1.807, 2.05) is 32.6 Å². The van der Waals surface area contributed by atoms with E-state index in [1.165, 1.54) is 7.11 Å². The number of carbonyl (C=O) groups excluding carboxylic acids is 2. The largest absolute Gasteiger partial charge is 0.467 e. The van der Waals surface area contributed by atoms with Gasteiger partial charge in [-0.25, -0.2) is 4.79 Å². The minimum Gasteiger partial charge on any atom is -0.467 e. The Morgan fingerprint density at radius 1 is 1.25 bits per heavy atom. The molecule has 0 aliphatic carbocycles. The van der Waals surface area contributed by atoms with Crippen LogP contribution in [0.4, 0.5) is 0 Å². The van der Waals surface area contributed by atoms with Crippen molar-refractivity contribution < 1.29 is 19.4 Å². The van der Waals surface area contributed by atoms with Crippen molar-refractivity contribution in [1.82, 2.24) is 10.2 Å². The van der Waals surface area contributed by atoms with E-state index < -0.39 is 12.0 Å². The van der Waals surface area contributed by atoms with Crippen LogP contribution in [0, 0.1) is 5.92 Å². The van der Waals surface area contributed by atoms with Gasteiger partial charge in [0.15, 0.2) is 0 Å². The Balaban J connectivity index is 4.54. The first kappa shape index (κ1) is 18.9. The number of methoxy groups -OCH3 is 1. The van der Waals surface area contributed by atoms with Gasteiger partial charge in [-0.15, -0.1) is 0 Å². The molecule has 0 spiro atoms. The number of aliphatic hydroxyl groups is 1. The molecule has 0 rings (SSSR count). The molecular formula is C14H28N2O4. The van der Waals surface area contributed by atoms with E-state index in [4.69, 9.17) is 9.84 Å². The first-order valence-electron chi connectivity index (χ1n) is 7.03. The molecule has 0 heterocycles. The summed E-state index contributed by atoms with van der Waals surface area (Å²) in [7, 11) is 1.31. The maximum atomic E-state index is 12.0. The number of carbonyl (C=O) groups is 2. The van der Waals surface area contributed by atoms with Gasteiger partial charge >= 0.3 is 5.97 Å². The molecule has 6 nitrogen and oxygen atoms in total. The molecule has 0 aromatic rings. The van der Waals surface area contributed by atoms with Crippen molar-refractivity contribution in [3.8, 4) is 0 Å². The molecule has 0 aliphatic heterocycles. The van der Waals surface area contributed by atoms with Gasteiger partial charge in [-0.3, -0.25) is 9.69 Å². The van der Waals surface area contributed by atoms with E-state index in [1.54, 1.807) is 0 Å². The summed E-state index contributed by atoms with van der Waals surface area (Å²) in [4.78, 5) is 25.5. The van der Waals surface area contributed by atoms with Crippen molar-refractivity contribution in [1.29, 1.82) is 0 Å². The second-order valence-corrected chi connectivity index (χ2v) is 5.56. The summed E-state index contributed by atoms with van der Waals surface area (Å²) >= 11 is 0. The van der Waals surface area contributed by atoms with E-state index in [0.717, 1.165) is 0 Å². The lowest BCUT2D eigenvalue weighted by molar-refractivity contribution is -0.145. The van der Waals surface area contributed by atoms with E-state index in [-0.39, 0.29) is 31.0 Å². The maximum Gasteiger partial charge on any atom is 0.328 e. The quantitative estimate of drug-likeness (QED) is 0.600. The van der Waals surface area contributed by atoms with E-state index in [2.05, 4.69) is 5.32 Å². The van der Waals surface area contributed by atoms with Crippen LogP contribution in [-0.4, -0.2) is 60.8 Å². The van der Waals surface area contributed by atoms with Gasteiger partial charge in [0.25, 0.3) is 0 Å². The third-order valence-electron chi connectivity index (χ3n) is 2.99. The molecule has 20 heavy (non-hydrogen) atoms. The summed E-state index contributed by atoms with van der Waals surface area (Å²) in [6, 6.07) is -0.467. The fourth-order valence-electron chi connectivity index (χ4n) is 1.90. The van der Waals surface area contributed by atoms with Crippen LogP contribution in [0.15, 0.2) is 0 Å². The lowest BCUT2D eigenvalue weighted by atomic mass is 10.0. The maximum absolute atomic E-state index is 12.0. The van der Waals surface area contributed by atoms with E-state index in [0.29, 0.717) is 13.0 Å². The predicted molar refractivity (Wildman–Crippen MR) is 77.2 cm³/mol. The number of hydrogen-bond acceptors (Lipinski definition) is 5. The van der Waals surface area contributed by atoms with Crippen molar-refractivity contribution >= 4 is 11.9 Å². The Morgan fingerprint density at radius 3 is 2.25 bits per heavy atom. The SMILES string of the molecule is COC(=O)C(CC(C)C)NC(=O)CN(CCO)C(C)C. The van der Waals surface area contributed by atoms with Crippen LogP contribution in [0.2, 0.25) is 0 Å². The highest BCUT2D eigenvalue weighted by Crippen LogP contribution is 2.06.